The van der Waals surface area contributed by atoms with Gasteiger partial charge in [0.1, 0.15) is 0 Å². The molecule has 0 aliphatic heterocycles. The molecule has 1 aromatic carbocycles. The van der Waals surface area contributed by atoms with Crippen molar-refractivity contribution in [2.24, 2.45) is 11.1 Å². The van der Waals surface area contributed by atoms with E-state index in [1.54, 1.807) is 45.0 Å². The molecule has 3 amide bonds. The van der Waals surface area contributed by atoms with Crippen LogP contribution in [0.1, 0.15) is 36.7 Å². The third kappa shape index (κ3) is 5.64. The molecule has 0 spiro atoms. The molecule has 0 heterocycles. The molecule has 6 heteroatoms. The highest BCUT2D eigenvalue weighted by Gasteiger charge is 2.21. The van der Waals surface area contributed by atoms with E-state index in [1.807, 2.05) is 0 Å². The zero-order valence-electron chi connectivity index (χ0n) is 12.5. The second-order valence-electron chi connectivity index (χ2n) is 5.77. The van der Waals surface area contributed by atoms with Crippen LogP contribution < -0.4 is 16.4 Å². The summed E-state index contributed by atoms with van der Waals surface area (Å²) in [5, 5.41) is 5.23. The molecular formula is C15H21N3O3. The largest absolute Gasteiger partial charge is 0.366 e. The quantitative estimate of drug-likeness (QED) is 0.739. The number of nitrogens with two attached hydrogens (primary N) is 1. The molecule has 21 heavy (non-hydrogen) atoms. The van der Waals surface area contributed by atoms with E-state index in [1.165, 1.54) is 0 Å². The Balaban J connectivity index is 2.45. The van der Waals surface area contributed by atoms with E-state index in [9.17, 15) is 14.4 Å². The van der Waals surface area contributed by atoms with Crippen molar-refractivity contribution in [1.29, 1.82) is 0 Å². The summed E-state index contributed by atoms with van der Waals surface area (Å²) in [6.07, 6.45) is 0. The molecule has 1 rings (SSSR count). The maximum Gasteiger partial charge on any atom is 0.248 e. The van der Waals surface area contributed by atoms with Crippen molar-refractivity contribution < 1.29 is 14.4 Å². The van der Waals surface area contributed by atoms with E-state index in [4.69, 9.17) is 5.73 Å². The second-order valence-corrected chi connectivity index (χ2v) is 5.77. The highest BCUT2D eigenvalue weighted by Crippen LogP contribution is 2.11. The van der Waals surface area contributed by atoms with Crippen molar-refractivity contribution >= 4 is 17.7 Å². The van der Waals surface area contributed by atoms with Crippen LogP contribution in [0.4, 0.5) is 0 Å². The van der Waals surface area contributed by atoms with Crippen LogP contribution in [0.25, 0.3) is 0 Å². The maximum absolute atomic E-state index is 11.6. The van der Waals surface area contributed by atoms with Crippen LogP contribution in [-0.2, 0) is 16.1 Å². The number of primary amides is 1. The molecule has 0 saturated heterocycles. The Morgan fingerprint density at radius 2 is 1.81 bits per heavy atom. The van der Waals surface area contributed by atoms with Gasteiger partial charge in [-0.05, 0) is 17.7 Å². The first-order valence-electron chi connectivity index (χ1n) is 6.64. The Labute approximate surface area is 124 Å². The van der Waals surface area contributed by atoms with Crippen LogP contribution in [0.3, 0.4) is 0 Å². The molecule has 0 atom stereocenters. The predicted molar refractivity (Wildman–Crippen MR) is 79.3 cm³/mol. The van der Waals surface area contributed by atoms with E-state index < -0.39 is 11.3 Å². The van der Waals surface area contributed by atoms with Crippen LogP contribution in [0.2, 0.25) is 0 Å². The Hall–Kier alpha value is -2.37. The lowest BCUT2D eigenvalue weighted by atomic mass is 9.96. The number of hydrogen-bond donors (Lipinski definition) is 3. The third-order valence-electron chi connectivity index (χ3n) is 2.79. The Morgan fingerprint density at radius 3 is 2.38 bits per heavy atom. The SMILES string of the molecule is CC(C)(C)C(=O)NCC(=O)NCc1cccc(C(N)=O)c1. The van der Waals surface area contributed by atoms with Gasteiger partial charge in [0.2, 0.25) is 17.7 Å². The summed E-state index contributed by atoms with van der Waals surface area (Å²) in [6.45, 7) is 5.51. The Kier molecular flexibility index (Phi) is 5.46. The summed E-state index contributed by atoms with van der Waals surface area (Å²) in [4.78, 5) is 34.3. The number of carbonyl (C=O) groups excluding carboxylic acids is 3. The summed E-state index contributed by atoms with van der Waals surface area (Å²) in [5.74, 6) is -0.994. The van der Waals surface area contributed by atoms with Gasteiger partial charge in [-0.2, -0.15) is 0 Å². The molecule has 1 aromatic rings. The highest BCUT2D eigenvalue weighted by atomic mass is 16.2. The van der Waals surface area contributed by atoms with Crippen molar-refractivity contribution in [1.82, 2.24) is 10.6 Å². The van der Waals surface area contributed by atoms with Gasteiger partial charge >= 0.3 is 0 Å². The number of hydrogen-bond acceptors (Lipinski definition) is 3. The Morgan fingerprint density at radius 1 is 1.14 bits per heavy atom. The molecule has 4 N–H and O–H groups in total. The summed E-state index contributed by atoms with van der Waals surface area (Å²) < 4.78 is 0. The number of benzene rings is 1. The fourth-order valence-corrected chi connectivity index (χ4v) is 1.52. The molecule has 0 fully saturated rings. The first kappa shape index (κ1) is 16.7. The monoisotopic (exact) mass is 291 g/mol. The average molecular weight is 291 g/mol. The summed E-state index contributed by atoms with van der Waals surface area (Å²) in [5.41, 5.74) is 5.81. The molecule has 0 radical (unpaired) electrons. The van der Waals surface area contributed by atoms with Crippen LogP contribution in [0.5, 0.6) is 0 Å². The predicted octanol–water partition coefficient (Wildman–Crippen LogP) is 0.564. The minimum Gasteiger partial charge on any atom is -0.366 e. The minimum absolute atomic E-state index is 0.0778. The molecule has 0 aromatic heterocycles. The number of nitrogens with one attached hydrogen (secondary N) is 2. The van der Waals surface area contributed by atoms with Gasteiger partial charge in [-0.15, -0.1) is 0 Å². The zero-order chi connectivity index (χ0) is 16.0. The maximum atomic E-state index is 11.6. The summed E-state index contributed by atoms with van der Waals surface area (Å²) >= 11 is 0. The van der Waals surface area contributed by atoms with Gasteiger partial charge in [-0.1, -0.05) is 32.9 Å². The van der Waals surface area contributed by atoms with E-state index in [-0.39, 0.29) is 24.9 Å². The topological polar surface area (TPSA) is 101 Å². The molecule has 0 unspecified atom stereocenters. The first-order valence-corrected chi connectivity index (χ1v) is 6.64. The Bertz CT molecular complexity index is 547. The number of amides is 3. The van der Waals surface area contributed by atoms with Crippen LogP contribution >= 0.6 is 0 Å². The fourth-order valence-electron chi connectivity index (χ4n) is 1.52. The highest BCUT2D eigenvalue weighted by molar-refractivity contribution is 5.93. The normalized spacial score (nSPS) is 10.8. The number of carbonyl (C=O) groups is 3. The minimum atomic E-state index is -0.532. The van der Waals surface area contributed by atoms with E-state index in [0.717, 1.165) is 5.56 Å². The van der Waals surface area contributed by atoms with Gasteiger partial charge in [0, 0.05) is 17.5 Å². The van der Waals surface area contributed by atoms with Crippen molar-refractivity contribution in [2.45, 2.75) is 27.3 Å². The van der Waals surface area contributed by atoms with Crippen LogP contribution in [-0.4, -0.2) is 24.3 Å². The standard InChI is InChI=1S/C15H21N3O3/c1-15(2,3)14(21)18-9-12(19)17-8-10-5-4-6-11(7-10)13(16)20/h4-7H,8-9H2,1-3H3,(H2,16,20)(H,17,19)(H,18,21). The van der Waals surface area contributed by atoms with Crippen molar-refractivity contribution in [3.63, 3.8) is 0 Å². The lowest BCUT2D eigenvalue weighted by Crippen LogP contribution is -2.41. The summed E-state index contributed by atoms with van der Waals surface area (Å²) in [6, 6.07) is 6.71. The van der Waals surface area contributed by atoms with Crippen LogP contribution in [0.15, 0.2) is 24.3 Å². The van der Waals surface area contributed by atoms with Gasteiger partial charge in [-0.3, -0.25) is 14.4 Å². The lowest BCUT2D eigenvalue weighted by molar-refractivity contribution is -0.131. The molecule has 0 aliphatic carbocycles. The van der Waals surface area contributed by atoms with E-state index in [0.29, 0.717) is 5.56 Å². The smallest absolute Gasteiger partial charge is 0.248 e. The molecule has 0 bridgehead atoms. The van der Waals surface area contributed by atoms with Gasteiger partial charge in [0.15, 0.2) is 0 Å². The summed E-state index contributed by atoms with van der Waals surface area (Å²) in [7, 11) is 0. The van der Waals surface area contributed by atoms with Gasteiger partial charge in [0.25, 0.3) is 0 Å². The zero-order valence-corrected chi connectivity index (χ0v) is 12.5. The molecular weight excluding hydrogens is 270 g/mol. The van der Waals surface area contributed by atoms with E-state index >= 15 is 0 Å². The van der Waals surface area contributed by atoms with Crippen molar-refractivity contribution in [3.05, 3.63) is 35.4 Å². The van der Waals surface area contributed by atoms with Gasteiger partial charge in [-0.25, -0.2) is 0 Å². The fraction of sp³-hybridized carbons (Fsp3) is 0.400. The first-order chi connectivity index (χ1) is 9.70. The second kappa shape index (κ2) is 6.88. The van der Waals surface area contributed by atoms with Crippen LogP contribution in [0, 0.1) is 5.41 Å². The lowest BCUT2D eigenvalue weighted by Gasteiger charge is -2.17. The third-order valence-corrected chi connectivity index (χ3v) is 2.79. The molecule has 0 saturated carbocycles. The van der Waals surface area contributed by atoms with Gasteiger partial charge in [0.05, 0.1) is 6.54 Å². The molecule has 6 nitrogen and oxygen atoms in total. The number of rotatable bonds is 5. The van der Waals surface area contributed by atoms with Crippen molar-refractivity contribution in [3.8, 4) is 0 Å². The average Bonchev–Trinajstić information content (AvgIpc) is 2.41. The molecule has 0 aliphatic rings. The van der Waals surface area contributed by atoms with Crippen molar-refractivity contribution in [2.75, 3.05) is 6.54 Å². The molecule has 114 valence electrons. The van der Waals surface area contributed by atoms with E-state index in [2.05, 4.69) is 10.6 Å². The van der Waals surface area contributed by atoms with Gasteiger partial charge < -0.3 is 16.4 Å².